The maximum atomic E-state index is 13.5. The van der Waals surface area contributed by atoms with Gasteiger partial charge in [0, 0.05) is 45.3 Å². The number of aromatic nitrogens is 3. The van der Waals surface area contributed by atoms with Crippen molar-refractivity contribution < 1.29 is 4.79 Å². The molecular weight excluding hydrogens is 410 g/mol. The van der Waals surface area contributed by atoms with Crippen molar-refractivity contribution in [3.8, 4) is 0 Å². The lowest BCUT2D eigenvalue weighted by Gasteiger charge is -2.40. The Balaban J connectivity index is 1.74. The topological polar surface area (TPSA) is 89.6 Å². The minimum absolute atomic E-state index is 0.105. The molecule has 0 aromatic carbocycles. The summed E-state index contributed by atoms with van der Waals surface area (Å²) in [6, 6.07) is 1.76. The molecule has 0 atom stereocenters. The summed E-state index contributed by atoms with van der Waals surface area (Å²) >= 11 is 0. The zero-order chi connectivity index (χ0) is 23.0. The number of aryl methyl sites for hydroxylation is 2. The minimum Gasteiger partial charge on any atom is -0.339 e. The minimum atomic E-state index is -0.514. The number of carbonyl (C=O) groups is 1. The van der Waals surface area contributed by atoms with E-state index >= 15 is 0 Å². The number of rotatable bonds is 4. The van der Waals surface area contributed by atoms with Crippen LogP contribution in [0.1, 0.15) is 56.3 Å². The molecule has 0 spiro atoms. The van der Waals surface area contributed by atoms with Crippen LogP contribution in [0.15, 0.2) is 20.4 Å². The Morgan fingerprint density at radius 2 is 1.56 bits per heavy atom. The number of carbonyl (C=O) groups excluding carboxylic acids is 1. The Bertz CT molecular complexity index is 1190. The van der Waals surface area contributed by atoms with Crippen molar-refractivity contribution in [2.75, 3.05) is 26.2 Å². The van der Waals surface area contributed by atoms with Crippen molar-refractivity contribution in [1.82, 2.24) is 23.5 Å². The molecule has 1 amide bonds. The number of fused-ring (bicyclic) bond motifs is 1. The summed E-state index contributed by atoms with van der Waals surface area (Å²) in [5.74, 6) is -0.300. The van der Waals surface area contributed by atoms with Crippen LogP contribution in [-0.2, 0) is 20.1 Å². The number of likely N-dealkylation sites (tertiary alicyclic amines) is 2. The molecule has 0 unspecified atom stereocenters. The van der Waals surface area contributed by atoms with Gasteiger partial charge in [0.25, 0.3) is 17.0 Å². The third-order valence-corrected chi connectivity index (χ3v) is 7.10. The summed E-state index contributed by atoms with van der Waals surface area (Å²) < 4.78 is 3.81. The molecule has 2 aromatic rings. The Morgan fingerprint density at radius 1 is 0.938 bits per heavy atom. The fraction of sp³-hybridized carbons (Fsp3) is 0.652. The lowest BCUT2D eigenvalue weighted by atomic mass is 9.99. The van der Waals surface area contributed by atoms with Crippen LogP contribution in [0.4, 0.5) is 0 Å². The number of hydrogen-bond acceptors (Lipinski definition) is 5. The van der Waals surface area contributed by atoms with Gasteiger partial charge in [0.2, 0.25) is 0 Å². The van der Waals surface area contributed by atoms with Gasteiger partial charge in [0.1, 0.15) is 5.65 Å². The number of piperidine rings is 2. The zero-order valence-corrected chi connectivity index (χ0v) is 19.3. The van der Waals surface area contributed by atoms with Crippen LogP contribution in [0.2, 0.25) is 0 Å². The molecule has 2 aromatic heterocycles. The number of nitrogens with zero attached hydrogens (tertiary/aromatic N) is 5. The first-order chi connectivity index (χ1) is 15.4. The highest BCUT2D eigenvalue weighted by Gasteiger charge is 2.30. The molecule has 2 aliphatic heterocycles. The molecule has 0 radical (unpaired) electrons. The zero-order valence-electron chi connectivity index (χ0n) is 19.3. The highest BCUT2D eigenvalue weighted by atomic mass is 16.2. The average Bonchev–Trinajstić information content (AvgIpc) is 2.82. The number of amides is 1. The highest BCUT2D eigenvalue weighted by molar-refractivity contribution is 6.05. The summed E-state index contributed by atoms with van der Waals surface area (Å²) in [5.41, 5.74) is -1.06. The molecule has 4 heterocycles. The molecule has 9 nitrogen and oxygen atoms in total. The second-order valence-electron chi connectivity index (χ2n) is 8.85. The monoisotopic (exact) mass is 443 g/mol. The Hall–Kier alpha value is -2.68. The van der Waals surface area contributed by atoms with Gasteiger partial charge < -0.3 is 9.80 Å². The first kappa shape index (κ1) is 22.5. The standard InChI is InChI=1S/C23H33N5O4/c1-4-27-18(29)15-17(19-20(27)24(3)23(32)28(5-2)22(19)31)21(30)26-13-9-16(10-14-26)25-11-7-6-8-12-25/h15-16H,4-14H2,1-3H3. The van der Waals surface area contributed by atoms with E-state index in [9.17, 15) is 19.2 Å². The van der Waals surface area contributed by atoms with Crippen molar-refractivity contribution in [1.29, 1.82) is 0 Å². The fourth-order valence-electron chi connectivity index (χ4n) is 5.33. The predicted octanol–water partition coefficient (Wildman–Crippen LogP) is 0.992. The van der Waals surface area contributed by atoms with E-state index in [-0.39, 0.29) is 34.6 Å². The molecule has 9 heteroatoms. The highest BCUT2D eigenvalue weighted by Crippen LogP contribution is 2.23. The van der Waals surface area contributed by atoms with Gasteiger partial charge in [-0.25, -0.2) is 4.79 Å². The van der Waals surface area contributed by atoms with Crippen LogP contribution >= 0.6 is 0 Å². The van der Waals surface area contributed by atoms with Crippen LogP contribution in [0.3, 0.4) is 0 Å². The summed E-state index contributed by atoms with van der Waals surface area (Å²) in [6.45, 7) is 7.46. The molecule has 0 saturated carbocycles. The van der Waals surface area contributed by atoms with E-state index in [4.69, 9.17) is 0 Å². The average molecular weight is 444 g/mol. The lowest BCUT2D eigenvalue weighted by Crippen LogP contribution is -2.48. The van der Waals surface area contributed by atoms with Crippen molar-refractivity contribution >= 4 is 16.9 Å². The first-order valence-corrected chi connectivity index (χ1v) is 11.8. The molecule has 0 N–H and O–H groups in total. The Labute approximate surface area is 186 Å². The molecule has 0 aliphatic carbocycles. The second kappa shape index (κ2) is 9.05. The van der Waals surface area contributed by atoms with Gasteiger partial charge in [0.15, 0.2) is 0 Å². The molecule has 2 fully saturated rings. The second-order valence-corrected chi connectivity index (χ2v) is 8.85. The van der Waals surface area contributed by atoms with Crippen LogP contribution in [0.25, 0.3) is 11.0 Å². The van der Waals surface area contributed by atoms with Crippen LogP contribution in [-0.4, -0.2) is 61.6 Å². The van der Waals surface area contributed by atoms with E-state index in [1.165, 1.54) is 34.5 Å². The van der Waals surface area contributed by atoms with Crippen LogP contribution in [0, 0.1) is 0 Å². The third kappa shape index (κ3) is 3.72. The van der Waals surface area contributed by atoms with Crippen molar-refractivity contribution in [3.05, 3.63) is 42.8 Å². The van der Waals surface area contributed by atoms with Gasteiger partial charge in [0.05, 0.1) is 10.9 Å². The fourth-order valence-corrected chi connectivity index (χ4v) is 5.33. The van der Waals surface area contributed by atoms with E-state index in [1.807, 2.05) is 0 Å². The van der Waals surface area contributed by atoms with Crippen molar-refractivity contribution in [2.24, 2.45) is 7.05 Å². The van der Waals surface area contributed by atoms with E-state index in [2.05, 4.69) is 4.90 Å². The van der Waals surface area contributed by atoms with Crippen molar-refractivity contribution in [2.45, 2.75) is 65.1 Å². The molecule has 2 saturated heterocycles. The van der Waals surface area contributed by atoms with E-state index < -0.39 is 11.2 Å². The first-order valence-electron chi connectivity index (χ1n) is 11.8. The largest absolute Gasteiger partial charge is 0.339 e. The van der Waals surface area contributed by atoms with Gasteiger partial charge in [-0.15, -0.1) is 0 Å². The molecule has 2 aliphatic rings. The smallest absolute Gasteiger partial charge is 0.332 e. The summed E-state index contributed by atoms with van der Waals surface area (Å²) in [4.78, 5) is 56.6. The third-order valence-electron chi connectivity index (χ3n) is 7.10. The SMILES string of the molecule is CCn1c(=O)c2c(C(=O)N3CCC(N4CCCCC4)CC3)cc(=O)n(CC)c2n(C)c1=O. The van der Waals surface area contributed by atoms with Crippen molar-refractivity contribution in [3.63, 3.8) is 0 Å². The summed E-state index contributed by atoms with van der Waals surface area (Å²) in [6.07, 6.45) is 5.56. The van der Waals surface area contributed by atoms with E-state index in [1.54, 1.807) is 25.8 Å². The van der Waals surface area contributed by atoms with Gasteiger partial charge in [-0.05, 0) is 52.6 Å². The Morgan fingerprint density at radius 3 is 2.16 bits per heavy atom. The number of pyridine rings is 1. The van der Waals surface area contributed by atoms with E-state index in [0.717, 1.165) is 30.5 Å². The van der Waals surface area contributed by atoms with Gasteiger partial charge in [-0.2, -0.15) is 0 Å². The quantitative estimate of drug-likeness (QED) is 0.703. The lowest BCUT2D eigenvalue weighted by molar-refractivity contribution is 0.0591. The summed E-state index contributed by atoms with van der Waals surface area (Å²) in [5, 5.41) is 0.151. The normalized spacial score (nSPS) is 18.4. The van der Waals surface area contributed by atoms with Gasteiger partial charge >= 0.3 is 5.69 Å². The maximum Gasteiger partial charge on any atom is 0.332 e. The van der Waals surface area contributed by atoms with E-state index in [0.29, 0.717) is 25.7 Å². The molecule has 174 valence electrons. The molecule has 0 bridgehead atoms. The molecule has 32 heavy (non-hydrogen) atoms. The maximum absolute atomic E-state index is 13.5. The molecular formula is C23H33N5O4. The van der Waals surface area contributed by atoms with Crippen LogP contribution in [0.5, 0.6) is 0 Å². The summed E-state index contributed by atoms with van der Waals surface area (Å²) in [7, 11) is 1.54. The van der Waals surface area contributed by atoms with Gasteiger partial charge in [-0.1, -0.05) is 6.42 Å². The predicted molar refractivity (Wildman–Crippen MR) is 123 cm³/mol. The number of hydrogen-bond donors (Lipinski definition) is 0. The molecule has 4 rings (SSSR count). The Kier molecular flexibility index (Phi) is 6.37. The van der Waals surface area contributed by atoms with Crippen LogP contribution < -0.4 is 16.8 Å². The van der Waals surface area contributed by atoms with Gasteiger partial charge in [-0.3, -0.25) is 28.1 Å².